The van der Waals surface area contributed by atoms with Crippen molar-refractivity contribution in [1.29, 1.82) is 0 Å². The summed E-state index contributed by atoms with van der Waals surface area (Å²) in [5.74, 6) is 0.340. The molecule has 2 aromatic rings. The minimum atomic E-state index is -0.946. The van der Waals surface area contributed by atoms with Crippen LogP contribution in [0.5, 0.6) is 0 Å². The van der Waals surface area contributed by atoms with Crippen molar-refractivity contribution in [2.75, 3.05) is 19.6 Å². The molecule has 1 unspecified atom stereocenters. The van der Waals surface area contributed by atoms with Gasteiger partial charge in [0.25, 0.3) is 0 Å². The highest BCUT2D eigenvalue weighted by Gasteiger charge is 2.30. The second-order valence-electron chi connectivity index (χ2n) is 7.12. The highest BCUT2D eigenvalue weighted by molar-refractivity contribution is 5.97. The molecular formula is C22H26N2O2. The largest absolute Gasteiger partial charge is 0.315 e. The zero-order valence-electron chi connectivity index (χ0n) is 15.0. The van der Waals surface area contributed by atoms with Crippen molar-refractivity contribution in [3.63, 3.8) is 0 Å². The fraction of sp³-hybridized carbons (Fsp3) is 0.364. The van der Waals surface area contributed by atoms with Crippen molar-refractivity contribution in [1.82, 2.24) is 4.90 Å². The van der Waals surface area contributed by atoms with Gasteiger partial charge in [0.2, 0.25) is 0 Å². The van der Waals surface area contributed by atoms with Crippen LogP contribution in [0.2, 0.25) is 0 Å². The van der Waals surface area contributed by atoms with E-state index in [1.54, 1.807) is 0 Å². The highest BCUT2D eigenvalue weighted by Crippen LogP contribution is 2.24. The van der Waals surface area contributed by atoms with E-state index in [4.69, 9.17) is 5.73 Å². The summed E-state index contributed by atoms with van der Waals surface area (Å²) >= 11 is 0. The molecule has 1 aliphatic heterocycles. The van der Waals surface area contributed by atoms with Gasteiger partial charge in [0, 0.05) is 18.0 Å². The van der Waals surface area contributed by atoms with Crippen LogP contribution in [0, 0.1) is 5.92 Å². The minimum absolute atomic E-state index is 0.0940. The number of hydrogen-bond donors (Lipinski definition) is 1. The Morgan fingerprint density at radius 2 is 1.62 bits per heavy atom. The number of carbonyl (C=O) groups excluding carboxylic acids is 2. The summed E-state index contributed by atoms with van der Waals surface area (Å²) in [5.41, 5.74) is 7.05. The average Bonchev–Trinajstić information content (AvgIpc) is 2.73. The first-order chi connectivity index (χ1) is 12.6. The van der Waals surface area contributed by atoms with Gasteiger partial charge in [-0.2, -0.15) is 0 Å². The Labute approximate surface area is 155 Å². The Hall–Kier alpha value is -2.30. The first kappa shape index (κ1) is 18.5. The van der Waals surface area contributed by atoms with Crippen LogP contribution in [-0.4, -0.2) is 36.6 Å². The van der Waals surface area contributed by atoms with E-state index in [0.717, 1.165) is 49.9 Å². The van der Waals surface area contributed by atoms with Crippen molar-refractivity contribution < 1.29 is 9.59 Å². The Bertz CT molecular complexity index is 724. The van der Waals surface area contributed by atoms with Crippen molar-refractivity contribution in [3.8, 4) is 0 Å². The van der Waals surface area contributed by atoms with E-state index >= 15 is 0 Å². The van der Waals surface area contributed by atoms with Crippen LogP contribution in [-0.2, 0) is 10.3 Å². The number of rotatable bonds is 7. The third kappa shape index (κ3) is 4.26. The standard InChI is InChI=1S/C22H26N2O2/c23-22(17-25,20-9-5-2-6-10-20)13-16-24-14-11-19(12-15-24)21(26)18-7-3-1-4-8-18/h1-10,17,19H,11-16,23H2. The first-order valence-corrected chi connectivity index (χ1v) is 9.25. The van der Waals surface area contributed by atoms with E-state index in [1.807, 2.05) is 60.7 Å². The van der Waals surface area contributed by atoms with Crippen LogP contribution in [0.4, 0.5) is 0 Å². The predicted octanol–water partition coefficient (Wildman–Crippen LogP) is 3.02. The first-order valence-electron chi connectivity index (χ1n) is 9.25. The van der Waals surface area contributed by atoms with Crippen molar-refractivity contribution in [2.45, 2.75) is 24.8 Å². The molecule has 0 amide bonds. The van der Waals surface area contributed by atoms with Gasteiger partial charge >= 0.3 is 0 Å². The summed E-state index contributed by atoms with van der Waals surface area (Å²) < 4.78 is 0. The Kier molecular flexibility index (Phi) is 5.96. The van der Waals surface area contributed by atoms with Crippen LogP contribution in [0.15, 0.2) is 60.7 Å². The number of aldehydes is 1. The Balaban J connectivity index is 1.52. The van der Waals surface area contributed by atoms with E-state index in [2.05, 4.69) is 4.90 Å². The zero-order chi connectivity index (χ0) is 18.4. The van der Waals surface area contributed by atoms with Gasteiger partial charge in [0.15, 0.2) is 5.78 Å². The fourth-order valence-corrected chi connectivity index (χ4v) is 3.62. The molecule has 4 nitrogen and oxygen atoms in total. The lowest BCUT2D eigenvalue weighted by Crippen LogP contribution is -2.44. The third-order valence-corrected chi connectivity index (χ3v) is 5.38. The maximum atomic E-state index is 12.6. The summed E-state index contributed by atoms with van der Waals surface area (Å²) in [5, 5.41) is 0. The lowest BCUT2D eigenvalue weighted by Gasteiger charge is -2.33. The van der Waals surface area contributed by atoms with Gasteiger partial charge in [0.1, 0.15) is 6.29 Å². The van der Waals surface area contributed by atoms with Gasteiger partial charge < -0.3 is 15.4 Å². The fourth-order valence-electron chi connectivity index (χ4n) is 3.62. The molecule has 0 aliphatic carbocycles. The molecule has 2 aromatic carbocycles. The maximum Gasteiger partial charge on any atom is 0.166 e. The number of ketones is 1. The van der Waals surface area contributed by atoms with Crippen molar-refractivity contribution in [3.05, 3.63) is 71.8 Å². The normalized spacial score (nSPS) is 18.2. The number of carbonyl (C=O) groups is 2. The molecule has 2 N–H and O–H groups in total. The third-order valence-electron chi connectivity index (χ3n) is 5.38. The Morgan fingerprint density at radius 1 is 1.04 bits per heavy atom. The minimum Gasteiger partial charge on any atom is -0.315 e. The number of piperidine rings is 1. The summed E-state index contributed by atoms with van der Waals surface area (Å²) in [6.45, 7) is 2.50. The lowest BCUT2D eigenvalue weighted by molar-refractivity contribution is -0.112. The van der Waals surface area contributed by atoms with Crippen molar-refractivity contribution >= 4 is 12.1 Å². The molecule has 1 atom stereocenters. The van der Waals surface area contributed by atoms with Gasteiger partial charge in [-0.15, -0.1) is 0 Å². The van der Waals surface area contributed by atoms with E-state index in [0.29, 0.717) is 6.42 Å². The number of nitrogens with zero attached hydrogens (tertiary/aromatic N) is 1. The number of likely N-dealkylation sites (tertiary alicyclic amines) is 1. The molecular weight excluding hydrogens is 324 g/mol. The molecule has 0 spiro atoms. The van der Waals surface area contributed by atoms with E-state index in [-0.39, 0.29) is 11.7 Å². The second kappa shape index (κ2) is 8.39. The lowest BCUT2D eigenvalue weighted by atomic mass is 9.87. The number of benzene rings is 2. The van der Waals surface area contributed by atoms with E-state index in [9.17, 15) is 9.59 Å². The molecule has 1 aliphatic rings. The molecule has 1 fully saturated rings. The van der Waals surface area contributed by atoms with Crippen molar-refractivity contribution in [2.24, 2.45) is 11.7 Å². The second-order valence-corrected chi connectivity index (χ2v) is 7.12. The molecule has 136 valence electrons. The molecule has 26 heavy (non-hydrogen) atoms. The molecule has 0 aromatic heterocycles. The quantitative estimate of drug-likeness (QED) is 0.616. The molecule has 4 heteroatoms. The van der Waals surface area contributed by atoms with Gasteiger partial charge in [-0.25, -0.2) is 0 Å². The van der Waals surface area contributed by atoms with Crippen LogP contribution in [0.3, 0.4) is 0 Å². The number of nitrogens with two attached hydrogens (primary N) is 1. The van der Waals surface area contributed by atoms with Crippen LogP contribution in [0.25, 0.3) is 0 Å². The molecule has 0 radical (unpaired) electrons. The predicted molar refractivity (Wildman–Crippen MR) is 103 cm³/mol. The summed E-state index contributed by atoms with van der Waals surface area (Å²) in [4.78, 5) is 26.5. The smallest absolute Gasteiger partial charge is 0.166 e. The van der Waals surface area contributed by atoms with E-state index in [1.165, 1.54) is 0 Å². The molecule has 1 saturated heterocycles. The van der Waals surface area contributed by atoms with Gasteiger partial charge in [-0.1, -0.05) is 60.7 Å². The highest BCUT2D eigenvalue weighted by atomic mass is 16.1. The SMILES string of the molecule is NC(C=O)(CCN1CCC(C(=O)c2ccccc2)CC1)c1ccccc1. The van der Waals surface area contributed by atoms with Gasteiger partial charge in [-0.3, -0.25) is 4.79 Å². The summed E-state index contributed by atoms with van der Waals surface area (Å²) in [6, 6.07) is 19.1. The zero-order valence-corrected chi connectivity index (χ0v) is 15.0. The van der Waals surface area contributed by atoms with Crippen LogP contribution >= 0.6 is 0 Å². The van der Waals surface area contributed by atoms with Gasteiger partial charge in [-0.05, 0) is 37.9 Å². The topological polar surface area (TPSA) is 63.4 Å². The summed E-state index contributed by atoms with van der Waals surface area (Å²) in [6.07, 6.45) is 3.15. The number of hydrogen-bond acceptors (Lipinski definition) is 4. The maximum absolute atomic E-state index is 12.6. The molecule has 0 bridgehead atoms. The van der Waals surface area contributed by atoms with Gasteiger partial charge in [0.05, 0.1) is 5.54 Å². The molecule has 3 rings (SSSR count). The molecule has 0 saturated carbocycles. The van der Waals surface area contributed by atoms with E-state index < -0.39 is 5.54 Å². The monoisotopic (exact) mass is 350 g/mol. The summed E-state index contributed by atoms with van der Waals surface area (Å²) in [7, 11) is 0. The Morgan fingerprint density at radius 3 is 2.19 bits per heavy atom. The van der Waals surface area contributed by atoms with Crippen LogP contribution < -0.4 is 5.73 Å². The number of Topliss-reactive ketones (excluding diaryl/α,β-unsaturated/α-hetero) is 1. The average molecular weight is 350 g/mol. The molecule has 1 heterocycles. The van der Waals surface area contributed by atoms with Crippen LogP contribution in [0.1, 0.15) is 35.2 Å².